The maximum Gasteiger partial charge on any atom is 0.358 e. The Labute approximate surface area is 115 Å². The second-order valence-electron chi connectivity index (χ2n) is 4.38. The van der Waals surface area contributed by atoms with E-state index in [0.717, 1.165) is 30.7 Å². The summed E-state index contributed by atoms with van der Waals surface area (Å²) in [6.45, 7) is 2.87. The van der Waals surface area contributed by atoms with E-state index >= 15 is 0 Å². The summed E-state index contributed by atoms with van der Waals surface area (Å²) in [6, 6.07) is 3.96. The van der Waals surface area contributed by atoms with Crippen molar-refractivity contribution in [3.63, 3.8) is 0 Å². The Morgan fingerprint density at radius 3 is 2.95 bits per heavy atom. The number of carboxylic acid groups (broad SMARTS) is 1. The van der Waals surface area contributed by atoms with Crippen molar-refractivity contribution in [1.29, 1.82) is 0 Å². The molecular formula is C13H17N3O2S. The molecule has 0 spiro atoms. The second kappa shape index (κ2) is 6.47. The molecule has 19 heavy (non-hydrogen) atoms. The van der Waals surface area contributed by atoms with Crippen LogP contribution in [0, 0.1) is 0 Å². The Bertz CT molecular complexity index is 534. The molecule has 102 valence electrons. The van der Waals surface area contributed by atoms with Gasteiger partial charge in [-0.15, -0.1) is 16.4 Å². The second-order valence-corrected chi connectivity index (χ2v) is 5.41. The zero-order chi connectivity index (χ0) is 13.7. The molecule has 6 heteroatoms. The number of carboxylic acids is 1. The van der Waals surface area contributed by atoms with E-state index in [9.17, 15) is 4.79 Å². The zero-order valence-corrected chi connectivity index (χ0v) is 11.7. The molecule has 0 amide bonds. The van der Waals surface area contributed by atoms with Gasteiger partial charge in [0.2, 0.25) is 0 Å². The lowest BCUT2D eigenvalue weighted by Gasteiger charge is -2.05. The molecule has 5 nitrogen and oxygen atoms in total. The van der Waals surface area contributed by atoms with E-state index in [4.69, 9.17) is 5.11 Å². The number of hydrogen-bond acceptors (Lipinski definition) is 4. The summed E-state index contributed by atoms with van der Waals surface area (Å²) in [7, 11) is 0. The van der Waals surface area contributed by atoms with Crippen molar-refractivity contribution in [3.05, 3.63) is 33.8 Å². The fourth-order valence-electron chi connectivity index (χ4n) is 1.94. The van der Waals surface area contributed by atoms with Crippen molar-refractivity contribution in [2.75, 3.05) is 0 Å². The van der Waals surface area contributed by atoms with Crippen molar-refractivity contribution >= 4 is 17.3 Å². The van der Waals surface area contributed by atoms with Crippen LogP contribution in [0.4, 0.5) is 0 Å². The Hall–Kier alpha value is -1.69. The maximum absolute atomic E-state index is 11.2. The van der Waals surface area contributed by atoms with Gasteiger partial charge in [-0.3, -0.25) is 0 Å². The highest BCUT2D eigenvalue weighted by atomic mass is 32.1. The molecule has 0 saturated heterocycles. The summed E-state index contributed by atoms with van der Waals surface area (Å²) in [5, 5.41) is 18.9. The van der Waals surface area contributed by atoms with Gasteiger partial charge in [0.1, 0.15) is 0 Å². The van der Waals surface area contributed by atoms with Crippen LogP contribution in [-0.2, 0) is 13.0 Å². The molecule has 2 aromatic rings. The largest absolute Gasteiger partial charge is 0.476 e. The summed E-state index contributed by atoms with van der Waals surface area (Å²) in [5.74, 6) is -1.01. The van der Waals surface area contributed by atoms with Crippen LogP contribution in [0.3, 0.4) is 0 Å². The molecule has 0 aliphatic heterocycles. The van der Waals surface area contributed by atoms with Gasteiger partial charge in [0.25, 0.3) is 0 Å². The number of nitrogens with zero attached hydrogens (tertiary/aromatic N) is 3. The molecule has 1 N–H and O–H groups in total. The third-order valence-electron chi connectivity index (χ3n) is 2.94. The van der Waals surface area contributed by atoms with Gasteiger partial charge in [-0.05, 0) is 17.9 Å². The predicted octanol–water partition coefficient (Wildman–Crippen LogP) is 2.82. The normalized spacial score (nSPS) is 10.8. The molecular weight excluding hydrogens is 262 g/mol. The first kappa shape index (κ1) is 13.7. The van der Waals surface area contributed by atoms with Crippen LogP contribution in [-0.4, -0.2) is 26.1 Å². The summed E-state index contributed by atoms with van der Waals surface area (Å²) in [4.78, 5) is 12.3. The van der Waals surface area contributed by atoms with Crippen molar-refractivity contribution in [1.82, 2.24) is 15.0 Å². The average molecular weight is 279 g/mol. The SMILES string of the molecule is CCCCCn1nnc(C(=O)O)c1Cc1cccs1. The summed E-state index contributed by atoms with van der Waals surface area (Å²) < 4.78 is 1.73. The molecule has 0 aromatic carbocycles. The summed E-state index contributed by atoms with van der Waals surface area (Å²) in [5.41, 5.74) is 0.774. The molecule has 0 aliphatic rings. The minimum absolute atomic E-state index is 0.0740. The maximum atomic E-state index is 11.2. The van der Waals surface area contributed by atoms with Crippen LogP contribution in [0.1, 0.15) is 47.2 Å². The van der Waals surface area contributed by atoms with Crippen LogP contribution in [0.5, 0.6) is 0 Å². The molecule has 2 aromatic heterocycles. The Morgan fingerprint density at radius 2 is 2.32 bits per heavy atom. The third kappa shape index (κ3) is 3.41. The molecule has 0 radical (unpaired) electrons. The van der Waals surface area contributed by atoms with Gasteiger partial charge in [-0.1, -0.05) is 31.0 Å². The molecule has 2 heterocycles. The Kier molecular flexibility index (Phi) is 4.68. The van der Waals surface area contributed by atoms with Gasteiger partial charge in [-0.25, -0.2) is 9.48 Å². The van der Waals surface area contributed by atoms with Crippen LogP contribution >= 0.6 is 11.3 Å². The van der Waals surface area contributed by atoms with Gasteiger partial charge in [0, 0.05) is 17.8 Å². The fraction of sp³-hybridized carbons (Fsp3) is 0.462. The van der Waals surface area contributed by atoms with Crippen LogP contribution in [0.15, 0.2) is 17.5 Å². The number of aromatic nitrogens is 3. The number of rotatable bonds is 7. The highest BCUT2D eigenvalue weighted by molar-refractivity contribution is 7.09. The standard InChI is InChI=1S/C13H17N3O2S/c1-2-3-4-7-16-11(9-10-6-5-8-19-10)12(13(17)18)14-15-16/h5-6,8H,2-4,7,9H2,1H3,(H,17,18). The minimum Gasteiger partial charge on any atom is -0.476 e. The van der Waals surface area contributed by atoms with Crippen LogP contribution in [0.2, 0.25) is 0 Å². The zero-order valence-electron chi connectivity index (χ0n) is 10.9. The number of aromatic carboxylic acids is 1. The molecule has 0 aliphatic carbocycles. The monoisotopic (exact) mass is 279 g/mol. The third-order valence-corrected chi connectivity index (χ3v) is 3.81. The number of aryl methyl sites for hydroxylation is 1. The quantitative estimate of drug-likeness (QED) is 0.791. The van der Waals surface area contributed by atoms with Crippen molar-refractivity contribution < 1.29 is 9.90 Å². The number of hydrogen-bond donors (Lipinski definition) is 1. The number of carbonyl (C=O) groups is 1. The van der Waals surface area contributed by atoms with Gasteiger partial charge in [0.05, 0.1) is 5.69 Å². The first-order valence-corrected chi connectivity index (χ1v) is 7.28. The van der Waals surface area contributed by atoms with Crippen molar-refractivity contribution in [3.8, 4) is 0 Å². The number of unbranched alkanes of at least 4 members (excludes halogenated alkanes) is 2. The topological polar surface area (TPSA) is 68.0 Å². The molecule has 0 atom stereocenters. The average Bonchev–Trinajstić information content (AvgIpc) is 3.01. The first-order valence-electron chi connectivity index (χ1n) is 6.40. The van der Waals surface area contributed by atoms with Crippen molar-refractivity contribution in [2.45, 2.75) is 39.2 Å². The molecule has 0 fully saturated rings. The van der Waals surface area contributed by atoms with E-state index in [0.29, 0.717) is 12.1 Å². The lowest BCUT2D eigenvalue weighted by atomic mass is 10.2. The van der Waals surface area contributed by atoms with Gasteiger partial charge < -0.3 is 5.11 Å². The van der Waals surface area contributed by atoms with E-state index < -0.39 is 5.97 Å². The summed E-state index contributed by atoms with van der Waals surface area (Å²) in [6.07, 6.45) is 3.82. The molecule has 0 bridgehead atoms. The first-order chi connectivity index (χ1) is 9.22. The molecule has 2 rings (SSSR count). The lowest BCUT2D eigenvalue weighted by Crippen LogP contribution is -2.09. The van der Waals surface area contributed by atoms with E-state index in [1.165, 1.54) is 0 Å². The fourth-order valence-corrected chi connectivity index (χ4v) is 2.65. The number of thiophene rings is 1. The smallest absolute Gasteiger partial charge is 0.358 e. The Morgan fingerprint density at radius 1 is 1.47 bits per heavy atom. The molecule has 0 unspecified atom stereocenters. The minimum atomic E-state index is -1.01. The van der Waals surface area contributed by atoms with Gasteiger partial charge in [-0.2, -0.15) is 0 Å². The predicted molar refractivity (Wildman–Crippen MR) is 73.6 cm³/mol. The van der Waals surface area contributed by atoms with Gasteiger partial charge >= 0.3 is 5.97 Å². The highest BCUT2D eigenvalue weighted by Crippen LogP contribution is 2.17. The highest BCUT2D eigenvalue weighted by Gasteiger charge is 2.19. The van der Waals surface area contributed by atoms with E-state index in [2.05, 4.69) is 17.2 Å². The van der Waals surface area contributed by atoms with Gasteiger partial charge in [0.15, 0.2) is 5.69 Å². The van der Waals surface area contributed by atoms with E-state index in [1.54, 1.807) is 16.0 Å². The molecule has 0 saturated carbocycles. The Balaban J connectivity index is 2.20. The van der Waals surface area contributed by atoms with Crippen molar-refractivity contribution in [2.24, 2.45) is 0 Å². The van der Waals surface area contributed by atoms with Crippen LogP contribution in [0.25, 0.3) is 0 Å². The summed E-state index contributed by atoms with van der Waals surface area (Å²) >= 11 is 1.62. The lowest BCUT2D eigenvalue weighted by molar-refractivity contribution is 0.0689. The van der Waals surface area contributed by atoms with E-state index in [1.807, 2.05) is 17.5 Å². The van der Waals surface area contributed by atoms with E-state index in [-0.39, 0.29) is 5.69 Å². The van der Waals surface area contributed by atoms with Crippen LogP contribution < -0.4 is 0 Å².